The number of hydrogen-bond donors (Lipinski definition) is 0. The Kier molecular flexibility index (Phi) is 4.75. The number of carbonyl (C=O) groups excluding carboxylic acids is 1. The highest BCUT2D eigenvalue weighted by atomic mass is 79.9. The van der Waals surface area contributed by atoms with E-state index in [1.807, 2.05) is 24.0 Å². The van der Waals surface area contributed by atoms with Crippen molar-refractivity contribution < 1.29 is 4.79 Å². The average Bonchev–Trinajstić information content (AvgIpc) is 2.62. The van der Waals surface area contributed by atoms with Crippen LogP contribution in [0.5, 0.6) is 0 Å². The minimum Gasteiger partial charge on any atom is -0.335 e. The van der Waals surface area contributed by atoms with Gasteiger partial charge in [0.05, 0.1) is 0 Å². The summed E-state index contributed by atoms with van der Waals surface area (Å²) in [6, 6.07) is 4.01. The lowest BCUT2D eigenvalue weighted by Gasteiger charge is -2.28. The van der Waals surface area contributed by atoms with Crippen molar-refractivity contribution in [2.45, 2.75) is 38.6 Å². The lowest BCUT2D eigenvalue weighted by Crippen LogP contribution is -2.41. The van der Waals surface area contributed by atoms with Crippen LogP contribution in [0.15, 0.2) is 18.3 Å². The van der Waals surface area contributed by atoms with Crippen molar-refractivity contribution in [1.29, 1.82) is 0 Å². The number of pyridine rings is 1. The number of halogens is 1. The first kappa shape index (κ1) is 13.5. The van der Waals surface area contributed by atoms with E-state index < -0.39 is 0 Å². The van der Waals surface area contributed by atoms with Crippen LogP contribution in [-0.4, -0.2) is 33.7 Å². The van der Waals surface area contributed by atoms with Crippen molar-refractivity contribution in [2.75, 3.05) is 11.9 Å². The van der Waals surface area contributed by atoms with Gasteiger partial charge in [-0.05, 0) is 31.9 Å². The molecule has 18 heavy (non-hydrogen) atoms. The third kappa shape index (κ3) is 3.10. The van der Waals surface area contributed by atoms with Crippen LogP contribution in [0, 0.1) is 6.92 Å². The molecular weight excluding hydrogens is 292 g/mol. The summed E-state index contributed by atoms with van der Waals surface area (Å²) in [7, 11) is 0. The molecule has 3 nitrogen and oxygen atoms in total. The van der Waals surface area contributed by atoms with E-state index >= 15 is 0 Å². The van der Waals surface area contributed by atoms with Crippen LogP contribution in [0.3, 0.4) is 0 Å². The maximum Gasteiger partial charge on any atom is 0.254 e. The molecule has 2 rings (SSSR count). The summed E-state index contributed by atoms with van der Waals surface area (Å²) in [4.78, 5) is 18.7. The second-order valence-electron chi connectivity index (χ2n) is 4.84. The van der Waals surface area contributed by atoms with E-state index in [0.717, 1.165) is 36.0 Å². The van der Waals surface area contributed by atoms with E-state index in [-0.39, 0.29) is 5.91 Å². The van der Waals surface area contributed by atoms with Crippen molar-refractivity contribution in [2.24, 2.45) is 0 Å². The van der Waals surface area contributed by atoms with E-state index in [0.29, 0.717) is 6.04 Å². The molecule has 0 aromatic carbocycles. The van der Waals surface area contributed by atoms with E-state index in [1.54, 1.807) is 6.20 Å². The first-order valence-corrected chi connectivity index (χ1v) is 7.64. The summed E-state index contributed by atoms with van der Waals surface area (Å²) in [5, 5.41) is 0.864. The van der Waals surface area contributed by atoms with Gasteiger partial charge in [-0.25, -0.2) is 0 Å². The third-order valence-electron chi connectivity index (χ3n) is 3.46. The number of aryl methyl sites for hydroxylation is 1. The van der Waals surface area contributed by atoms with Crippen molar-refractivity contribution in [3.8, 4) is 0 Å². The SMILES string of the molecule is Cc1cc(C(=O)N2CCCCCC2CBr)ccn1. The zero-order chi connectivity index (χ0) is 13.0. The average molecular weight is 311 g/mol. The molecule has 2 heterocycles. The van der Waals surface area contributed by atoms with Gasteiger partial charge < -0.3 is 4.90 Å². The van der Waals surface area contributed by atoms with Crippen molar-refractivity contribution in [3.63, 3.8) is 0 Å². The van der Waals surface area contributed by atoms with Gasteiger partial charge in [0.15, 0.2) is 0 Å². The molecule has 4 heteroatoms. The number of alkyl halides is 1. The molecule has 1 unspecified atom stereocenters. The first-order valence-electron chi connectivity index (χ1n) is 6.52. The van der Waals surface area contributed by atoms with Crippen LogP contribution < -0.4 is 0 Å². The van der Waals surface area contributed by atoms with Crippen molar-refractivity contribution in [3.05, 3.63) is 29.6 Å². The number of rotatable bonds is 2. The Morgan fingerprint density at radius 3 is 3.06 bits per heavy atom. The number of carbonyl (C=O) groups is 1. The summed E-state index contributed by atoms with van der Waals surface area (Å²) >= 11 is 3.54. The number of aromatic nitrogens is 1. The number of hydrogen-bond acceptors (Lipinski definition) is 2. The Labute approximate surface area is 117 Å². The van der Waals surface area contributed by atoms with Gasteiger partial charge in [-0.3, -0.25) is 9.78 Å². The van der Waals surface area contributed by atoms with Crippen LogP contribution in [0.2, 0.25) is 0 Å². The zero-order valence-corrected chi connectivity index (χ0v) is 12.3. The van der Waals surface area contributed by atoms with Gasteiger partial charge >= 0.3 is 0 Å². The maximum absolute atomic E-state index is 12.6. The Balaban J connectivity index is 2.19. The van der Waals surface area contributed by atoms with Crippen LogP contribution in [0.25, 0.3) is 0 Å². The highest BCUT2D eigenvalue weighted by Crippen LogP contribution is 2.20. The van der Waals surface area contributed by atoms with E-state index in [4.69, 9.17) is 0 Å². The molecule has 0 spiro atoms. The predicted octanol–water partition coefficient (Wildman–Crippen LogP) is 3.17. The highest BCUT2D eigenvalue weighted by molar-refractivity contribution is 9.09. The molecular formula is C14H19BrN2O. The van der Waals surface area contributed by atoms with Gasteiger partial charge in [0.25, 0.3) is 5.91 Å². The van der Waals surface area contributed by atoms with Gasteiger partial charge in [0.1, 0.15) is 0 Å². The van der Waals surface area contributed by atoms with E-state index in [9.17, 15) is 4.79 Å². The molecule has 0 saturated carbocycles. The zero-order valence-electron chi connectivity index (χ0n) is 10.7. The quantitative estimate of drug-likeness (QED) is 0.786. The van der Waals surface area contributed by atoms with Crippen LogP contribution in [-0.2, 0) is 0 Å². The fourth-order valence-corrected chi connectivity index (χ4v) is 3.12. The molecule has 1 aliphatic rings. The smallest absolute Gasteiger partial charge is 0.254 e. The molecule has 0 radical (unpaired) electrons. The molecule has 0 aliphatic carbocycles. The van der Waals surface area contributed by atoms with Gasteiger partial charge in [0.2, 0.25) is 0 Å². The van der Waals surface area contributed by atoms with Crippen molar-refractivity contribution >= 4 is 21.8 Å². The summed E-state index contributed by atoms with van der Waals surface area (Å²) in [5.41, 5.74) is 1.65. The van der Waals surface area contributed by atoms with Crippen LogP contribution >= 0.6 is 15.9 Å². The van der Waals surface area contributed by atoms with E-state index in [2.05, 4.69) is 20.9 Å². The molecule has 0 N–H and O–H groups in total. The van der Waals surface area contributed by atoms with Gasteiger partial charge in [0, 0.05) is 35.4 Å². The predicted molar refractivity (Wildman–Crippen MR) is 76.1 cm³/mol. The minimum atomic E-state index is 0.145. The molecule has 1 atom stereocenters. The van der Waals surface area contributed by atoms with Crippen LogP contribution in [0.1, 0.15) is 41.7 Å². The molecule has 1 amide bonds. The Morgan fingerprint density at radius 2 is 2.33 bits per heavy atom. The standard InChI is InChI=1S/C14H19BrN2O/c1-11-9-12(6-7-16-11)14(18)17-8-4-2-3-5-13(17)10-15/h6-7,9,13H,2-5,8,10H2,1H3. The molecule has 1 aromatic rings. The Morgan fingerprint density at radius 1 is 1.50 bits per heavy atom. The Hall–Kier alpha value is -0.900. The van der Waals surface area contributed by atoms with Crippen LogP contribution in [0.4, 0.5) is 0 Å². The normalized spacial score (nSPS) is 20.6. The lowest BCUT2D eigenvalue weighted by atomic mass is 10.1. The summed E-state index contributed by atoms with van der Waals surface area (Å²) in [6.45, 7) is 2.79. The summed E-state index contributed by atoms with van der Waals surface area (Å²) in [5.74, 6) is 0.145. The topological polar surface area (TPSA) is 33.2 Å². The highest BCUT2D eigenvalue weighted by Gasteiger charge is 2.25. The largest absolute Gasteiger partial charge is 0.335 e. The summed E-state index contributed by atoms with van der Waals surface area (Å²) < 4.78 is 0. The maximum atomic E-state index is 12.6. The van der Waals surface area contributed by atoms with Gasteiger partial charge in [-0.1, -0.05) is 28.8 Å². The monoisotopic (exact) mass is 310 g/mol. The second-order valence-corrected chi connectivity index (χ2v) is 5.49. The number of amides is 1. The van der Waals surface area contributed by atoms with Gasteiger partial charge in [-0.15, -0.1) is 0 Å². The first-order chi connectivity index (χ1) is 8.72. The third-order valence-corrected chi connectivity index (χ3v) is 4.21. The molecule has 1 saturated heterocycles. The lowest BCUT2D eigenvalue weighted by molar-refractivity contribution is 0.0702. The summed E-state index contributed by atoms with van der Waals surface area (Å²) in [6.07, 6.45) is 6.36. The molecule has 1 aliphatic heterocycles. The van der Waals surface area contributed by atoms with Crippen molar-refractivity contribution in [1.82, 2.24) is 9.88 Å². The number of likely N-dealkylation sites (tertiary alicyclic amines) is 1. The second kappa shape index (κ2) is 6.32. The fraction of sp³-hybridized carbons (Fsp3) is 0.571. The van der Waals surface area contributed by atoms with Gasteiger partial charge in [-0.2, -0.15) is 0 Å². The van der Waals surface area contributed by atoms with E-state index in [1.165, 1.54) is 12.8 Å². The molecule has 1 aromatic heterocycles. The minimum absolute atomic E-state index is 0.145. The Bertz CT molecular complexity index is 422. The molecule has 1 fully saturated rings. The fourth-order valence-electron chi connectivity index (χ4n) is 2.45. The number of nitrogens with zero attached hydrogens (tertiary/aromatic N) is 2. The molecule has 98 valence electrons. The molecule has 0 bridgehead atoms.